The topological polar surface area (TPSA) is 15.3 Å². The molecule has 1 heterocycles. The maximum Gasteiger partial charge on any atom is 0.160 e. The molecule has 2 rings (SSSR count). The molecular weight excluding hydrogens is 234 g/mol. The molecule has 0 amide bonds. The van der Waals surface area contributed by atoms with E-state index in [9.17, 15) is 8.78 Å². The third kappa shape index (κ3) is 2.80. The van der Waals surface area contributed by atoms with Gasteiger partial charge in [0.15, 0.2) is 11.6 Å². The van der Waals surface area contributed by atoms with Crippen LogP contribution >= 0.6 is 0 Å². The molecule has 1 aliphatic rings. The van der Waals surface area contributed by atoms with Crippen molar-refractivity contribution in [1.29, 1.82) is 0 Å². The van der Waals surface area contributed by atoms with Crippen LogP contribution in [0.1, 0.15) is 26.7 Å². The van der Waals surface area contributed by atoms with Crippen molar-refractivity contribution in [1.82, 2.24) is 5.32 Å². The van der Waals surface area contributed by atoms with Crippen LogP contribution in [-0.2, 0) is 0 Å². The largest absolute Gasteiger partial charge is 0.370 e. The lowest BCUT2D eigenvalue weighted by Crippen LogP contribution is -2.48. The summed E-state index contributed by atoms with van der Waals surface area (Å²) in [6, 6.07) is 4.14. The number of hydrogen-bond acceptors (Lipinski definition) is 2. The molecule has 2 nitrogen and oxygen atoms in total. The third-order valence-electron chi connectivity index (χ3n) is 3.75. The van der Waals surface area contributed by atoms with Crippen LogP contribution in [0.3, 0.4) is 0 Å². The van der Waals surface area contributed by atoms with E-state index in [-0.39, 0.29) is 5.54 Å². The van der Waals surface area contributed by atoms with Gasteiger partial charge in [0.25, 0.3) is 0 Å². The second-order valence-corrected chi connectivity index (χ2v) is 5.21. The average molecular weight is 254 g/mol. The number of rotatable bonds is 2. The summed E-state index contributed by atoms with van der Waals surface area (Å²) >= 11 is 0. The van der Waals surface area contributed by atoms with Crippen molar-refractivity contribution in [2.24, 2.45) is 0 Å². The molecule has 1 aromatic carbocycles. The average Bonchev–Trinajstić information content (AvgIpc) is 2.56. The first-order valence-corrected chi connectivity index (χ1v) is 6.49. The summed E-state index contributed by atoms with van der Waals surface area (Å²) in [6.45, 7) is 6.96. The Morgan fingerprint density at radius 3 is 2.78 bits per heavy atom. The second kappa shape index (κ2) is 5.22. The lowest BCUT2D eigenvalue weighted by Gasteiger charge is -2.33. The van der Waals surface area contributed by atoms with Gasteiger partial charge in [-0.25, -0.2) is 8.78 Å². The predicted octanol–water partition coefficient (Wildman–Crippen LogP) is 2.93. The van der Waals surface area contributed by atoms with Gasteiger partial charge in [-0.05, 0) is 38.4 Å². The summed E-state index contributed by atoms with van der Waals surface area (Å²) in [5.74, 6) is -1.56. The van der Waals surface area contributed by atoms with Crippen molar-refractivity contribution in [2.75, 3.05) is 24.5 Å². The van der Waals surface area contributed by atoms with Gasteiger partial charge in [0.1, 0.15) is 0 Å². The first-order chi connectivity index (χ1) is 8.54. The summed E-state index contributed by atoms with van der Waals surface area (Å²) in [4.78, 5) is 2.13. The molecule has 0 spiro atoms. The third-order valence-corrected chi connectivity index (χ3v) is 3.75. The lowest BCUT2D eigenvalue weighted by atomic mass is 9.98. The van der Waals surface area contributed by atoms with E-state index in [1.807, 2.05) is 0 Å². The van der Waals surface area contributed by atoms with E-state index < -0.39 is 11.6 Å². The maximum atomic E-state index is 13.3. The molecule has 4 heteroatoms. The molecule has 1 N–H and O–H groups in total. The van der Waals surface area contributed by atoms with Gasteiger partial charge in [-0.3, -0.25) is 0 Å². The van der Waals surface area contributed by atoms with Gasteiger partial charge in [0, 0.05) is 30.4 Å². The normalized spacial score (nSPS) is 25.0. The van der Waals surface area contributed by atoms with Crippen molar-refractivity contribution in [3.05, 3.63) is 29.8 Å². The van der Waals surface area contributed by atoms with Gasteiger partial charge in [0.2, 0.25) is 0 Å². The van der Waals surface area contributed by atoms with Crippen molar-refractivity contribution in [3.8, 4) is 0 Å². The SMILES string of the molecule is CCC1(C)CN(c2ccc(F)c(F)c2)CCCN1. The van der Waals surface area contributed by atoms with Crippen molar-refractivity contribution < 1.29 is 8.78 Å². The fourth-order valence-corrected chi connectivity index (χ4v) is 2.36. The van der Waals surface area contributed by atoms with E-state index >= 15 is 0 Å². The Balaban J connectivity index is 2.22. The molecule has 1 fully saturated rings. The molecular formula is C14H20F2N2. The van der Waals surface area contributed by atoms with E-state index in [2.05, 4.69) is 24.1 Å². The van der Waals surface area contributed by atoms with Gasteiger partial charge in [-0.2, -0.15) is 0 Å². The van der Waals surface area contributed by atoms with Crippen LogP contribution in [0, 0.1) is 11.6 Å². The Hall–Kier alpha value is -1.16. The smallest absolute Gasteiger partial charge is 0.160 e. The van der Waals surface area contributed by atoms with Crippen molar-refractivity contribution in [3.63, 3.8) is 0 Å². The monoisotopic (exact) mass is 254 g/mol. The molecule has 1 unspecified atom stereocenters. The van der Waals surface area contributed by atoms with Crippen LogP contribution in [0.4, 0.5) is 14.5 Å². The van der Waals surface area contributed by atoms with Crippen LogP contribution in [0.5, 0.6) is 0 Å². The first-order valence-electron chi connectivity index (χ1n) is 6.49. The highest BCUT2D eigenvalue weighted by atomic mass is 19.2. The fourth-order valence-electron chi connectivity index (χ4n) is 2.36. The van der Waals surface area contributed by atoms with E-state index in [0.717, 1.165) is 38.2 Å². The molecule has 0 saturated carbocycles. The highest BCUT2D eigenvalue weighted by Crippen LogP contribution is 2.23. The minimum absolute atomic E-state index is 0.0291. The van der Waals surface area contributed by atoms with Crippen molar-refractivity contribution in [2.45, 2.75) is 32.2 Å². The molecule has 100 valence electrons. The van der Waals surface area contributed by atoms with Gasteiger partial charge >= 0.3 is 0 Å². The minimum atomic E-state index is -0.787. The molecule has 0 bridgehead atoms. The van der Waals surface area contributed by atoms with Crippen LogP contribution in [0.2, 0.25) is 0 Å². The lowest BCUT2D eigenvalue weighted by molar-refractivity contribution is 0.366. The quantitative estimate of drug-likeness (QED) is 0.873. The zero-order chi connectivity index (χ0) is 13.2. The summed E-state index contributed by atoms with van der Waals surface area (Å²) in [6.07, 6.45) is 2.02. The number of anilines is 1. The summed E-state index contributed by atoms with van der Waals surface area (Å²) in [7, 11) is 0. The summed E-state index contributed by atoms with van der Waals surface area (Å²) in [5, 5.41) is 3.52. The van der Waals surface area contributed by atoms with E-state index in [0.29, 0.717) is 0 Å². The Bertz CT molecular complexity index is 422. The number of halogens is 2. The molecule has 1 aromatic rings. The Morgan fingerprint density at radius 2 is 2.11 bits per heavy atom. The van der Waals surface area contributed by atoms with Gasteiger partial charge in [-0.1, -0.05) is 6.92 Å². The molecule has 1 aliphatic heterocycles. The van der Waals surface area contributed by atoms with Crippen LogP contribution < -0.4 is 10.2 Å². The fraction of sp³-hybridized carbons (Fsp3) is 0.571. The predicted molar refractivity (Wildman–Crippen MR) is 69.9 cm³/mol. The number of hydrogen-bond donors (Lipinski definition) is 1. The Labute approximate surface area is 107 Å². The first kappa shape index (κ1) is 13.3. The Kier molecular flexibility index (Phi) is 3.85. The molecule has 1 atom stereocenters. The van der Waals surface area contributed by atoms with Crippen LogP contribution in [0.25, 0.3) is 0 Å². The Morgan fingerprint density at radius 1 is 1.33 bits per heavy atom. The number of nitrogens with one attached hydrogen (secondary N) is 1. The summed E-state index contributed by atoms with van der Waals surface area (Å²) < 4.78 is 26.3. The summed E-state index contributed by atoms with van der Waals surface area (Å²) in [5.41, 5.74) is 0.790. The van der Waals surface area contributed by atoms with Gasteiger partial charge in [-0.15, -0.1) is 0 Å². The van der Waals surface area contributed by atoms with E-state index in [4.69, 9.17) is 0 Å². The second-order valence-electron chi connectivity index (χ2n) is 5.21. The van der Waals surface area contributed by atoms with E-state index in [1.165, 1.54) is 12.1 Å². The van der Waals surface area contributed by atoms with E-state index in [1.54, 1.807) is 6.07 Å². The molecule has 1 saturated heterocycles. The van der Waals surface area contributed by atoms with Crippen LogP contribution in [0.15, 0.2) is 18.2 Å². The standard InChI is InChI=1S/C14H20F2N2/c1-3-14(2)10-18(8-4-7-17-14)11-5-6-12(15)13(16)9-11/h5-6,9,17H,3-4,7-8,10H2,1-2H3. The molecule has 18 heavy (non-hydrogen) atoms. The number of nitrogens with zero attached hydrogens (tertiary/aromatic N) is 1. The maximum absolute atomic E-state index is 13.3. The molecule has 0 aliphatic carbocycles. The molecule has 0 radical (unpaired) electrons. The minimum Gasteiger partial charge on any atom is -0.370 e. The highest BCUT2D eigenvalue weighted by Gasteiger charge is 2.27. The van der Waals surface area contributed by atoms with Crippen LogP contribution in [-0.4, -0.2) is 25.2 Å². The molecule has 0 aromatic heterocycles. The van der Waals surface area contributed by atoms with Gasteiger partial charge in [0.05, 0.1) is 0 Å². The number of benzene rings is 1. The van der Waals surface area contributed by atoms with Gasteiger partial charge < -0.3 is 10.2 Å². The van der Waals surface area contributed by atoms with Crippen molar-refractivity contribution >= 4 is 5.69 Å². The zero-order valence-corrected chi connectivity index (χ0v) is 11.0. The highest BCUT2D eigenvalue weighted by molar-refractivity contribution is 5.47. The zero-order valence-electron chi connectivity index (χ0n) is 11.0.